The van der Waals surface area contributed by atoms with Gasteiger partial charge in [-0.3, -0.25) is 4.79 Å². The molecule has 0 saturated heterocycles. The summed E-state index contributed by atoms with van der Waals surface area (Å²) in [6.45, 7) is 1.77. The second-order valence-corrected chi connectivity index (χ2v) is 5.77. The van der Waals surface area contributed by atoms with E-state index >= 15 is 0 Å². The zero-order chi connectivity index (χ0) is 18.3. The molecule has 0 aliphatic rings. The van der Waals surface area contributed by atoms with Crippen molar-refractivity contribution >= 4 is 28.1 Å². The average molecular weight is 351 g/mol. The van der Waals surface area contributed by atoms with Crippen LogP contribution >= 0.6 is 0 Å². The molecule has 3 aromatic heterocycles. The number of aryl methyl sites for hydroxylation is 1. The minimum atomic E-state index is -0.515. The molecule has 8 heteroatoms. The minimum absolute atomic E-state index is 0.212. The van der Waals surface area contributed by atoms with E-state index in [4.69, 9.17) is 4.74 Å². The topological polar surface area (TPSA) is 81.4 Å². The van der Waals surface area contributed by atoms with Crippen molar-refractivity contribution in [3.05, 3.63) is 59.8 Å². The number of rotatable bonds is 3. The summed E-state index contributed by atoms with van der Waals surface area (Å²) < 4.78 is 20.8. The fourth-order valence-electron chi connectivity index (χ4n) is 2.78. The van der Waals surface area contributed by atoms with Crippen molar-refractivity contribution in [3.8, 4) is 5.88 Å². The third-order valence-corrected chi connectivity index (χ3v) is 3.93. The molecule has 0 aliphatic heterocycles. The van der Waals surface area contributed by atoms with Gasteiger partial charge in [0, 0.05) is 29.9 Å². The van der Waals surface area contributed by atoms with Crippen LogP contribution in [-0.2, 0) is 0 Å². The quantitative estimate of drug-likeness (QED) is 0.614. The first-order valence-electron chi connectivity index (χ1n) is 7.82. The zero-order valence-electron chi connectivity index (χ0n) is 14.0. The summed E-state index contributed by atoms with van der Waals surface area (Å²) in [6, 6.07) is 8.11. The van der Waals surface area contributed by atoms with Crippen molar-refractivity contribution in [3.63, 3.8) is 0 Å². The summed E-state index contributed by atoms with van der Waals surface area (Å²) in [5.74, 6) is -0.568. The Hall–Kier alpha value is -3.55. The molecule has 0 bridgehead atoms. The molecule has 0 atom stereocenters. The number of carbonyl (C=O) groups is 1. The molecule has 4 aromatic rings. The molecule has 1 amide bonds. The summed E-state index contributed by atoms with van der Waals surface area (Å²) in [4.78, 5) is 16.8. The van der Waals surface area contributed by atoms with E-state index in [2.05, 4.69) is 20.5 Å². The number of nitrogens with one attached hydrogen (secondary N) is 1. The van der Waals surface area contributed by atoms with Crippen LogP contribution in [0.3, 0.4) is 0 Å². The Morgan fingerprint density at radius 1 is 1.23 bits per heavy atom. The van der Waals surface area contributed by atoms with Gasteiger partial charge in [0.05, 0.1) is 24.1 Å². The van der Waals surface area contributed by atoms with Crippen LogP contribution < -0.4 is 10.1 Å². The van der Waals surface area contributed by atoms with E-state index in [9.17, 15) is 9.18 Å². The van der Waals surface area contributed by atoms with Crippen LogP contribution in [-0.4, -0.2) is 32.6 Å². The maximum atomic E-state index is 14.2. The van der Waals surface area contributed by atoms with Crippen LogP contribution in [0.1, 0.15) is 16.1 Å². The predicted octanol–water partition coefficient (Wildman–Crippen LogP) is 2.99. The highest BCUT2D eigenvalue weighted by atomic mass is 19.1. The number of halogens is 1. The van der Waals surface area contributed by atoms with Crippen molar-refractivity contribution < 1.29 is 13.9 Å². The highest BCUT2D eigenvalue weighted by Crippen LogP contribution is 2.21. The number of pyridine rings is 1. The molecule has 7 nitrogen and oxygen atoms in total. The number of hydrogen-bond acceptors (Lipinski definition) is 5. The van der Waals surface area contributed by atoms with E-state index in [1.54, 1.807) is 37.5 Å². The van der Waals surface area contributed by atoms with Gasteiger partial charge in [0.25, 0.3) is 5.91 Å². The normalized spacial score (nSPS) is 11.0. The van der Waals surface area contributed by atoms with Crippen molar-refractivity contribution in [2.45, 2.75) is 6.92 Å². The molecule has 0 unspecified atom stereocenters. The Labute approximate surface area is 147 Å². The first-order valence-corrected chi connectivity index (χ1v) is 7.82. The van der Waals surface area contributed by atoms with Gasteiger partial charge in [-0.15, -0.1) is 10.2 Å². The average Bonchev–Trinajstić information content (AvgIpc) is 3.01. The van der Waals surface area contributed by atoms with Crippen molar-refractivity contribution in [1.82, 2.24) is 19.6 Å². The number of imidazole rings is 1. The molecule has 0 spiro atoms. The standard InChI is InChI=1S/C18H14FN5O2/c1-10-8-24-9-12(7-14(19)17(24)20-10)21-18(25)13-5-3-4-11-6-15(26-2)22-23-16(11)13/h3-9H,1-2H3,(H,21,25). The van der Waals surface area contributed by atoms with E-state index < -0.39 is 11.7 Å². The van der Waals surface area contributed by atoms with Gasteiger partial charge in [-0.1, -0.05) is 12.1 Å². The number of anilines is 1. The zero-order valence-corrected chi connectivity index (χ0v) is 14.0. The van der Waals surface area contributed by atoms with Crippen LogP contribution in [0.5, 0.6) is 5.88 Å². The number of methoxy groups -OCH3 is 1. The van der Waals surface area contributed by atoms with Crippen LogP contribution in [0, 0.1) is 12.7 Å². The van der Waals surface area contributed by atoms with E-state index in [0.29, 0.717) is 28.3 Å². The lowest BCUT2D eigenvalue weighted by Gasteiger charge is -2.08. The molecule has 1 N–H and O–H groups in total. The molecule has 4 rings (SSSR count). The Morgan fingerprint density at radius 2 is 2.08 bits per heavy atom. The first kappa shape index (κ1) is 15.9. The van der Waals surface area contributed by atoms with Gasteiger partial charge in [-0.2, -0.15) is 0 Å². The Kier molecular flexibility index (Phi) is 3.72. The van der Waals surface area contributed by atoms with Crippen molar-refractivity contribution in [1.29, 1.82) is 0 Å². The first-order chi connectivity index (χ1) is 12.5. The Bertz CT molecular complexity index is 1160. The second-order valence-electron chi connectivity index (χ2n) is 5.77. The number of aromatic nitrogens is 4. The number of fused-ring (bicyclic) bond motifs is 2. The fourth-order valence-corrected chi connectivity index (χ4v) is 2.78. The lowest BCUT2D eigenvalue weighted by Crippen LogP contribution is -2.14. The summed E-state index contributed by atoms with van der Waals surface area (Å²) >= 11 is 0. The highest BCUT2D eigenvalue weighted by molar-refractivity contribution is 6.11. The third-order valence-electron chi connectivity index (χ3n) is 3.93. The molecule has 0 saturated carbocycles. The number of benzene rings is 1. The van der Waals surface area contributed by atoms with Gasteiger partial charge >= 0.3 is 0 Å². The number of amides is 1. The molecule has 26 heavy (non-hydrogen) atoms. The lowest BCUT2D eigenvalue weighted by atomic mass is 10.1. The third kappa shape index (κ3) is 2.71. The molecule has 130 valence electrons. The van der Waals surface area contributed by atoms with E-state index in [1.807, 2.05) is 6.07 Å². The molecule has 3 heterocycles. The smallest absolute Gasteiger partial charge is 0.257 e. The molecule has 0 fully saturated rings. The van der Waals surface area contributed by atoms with Crippen molar-refractivity contribution in [2.75, 3.05) is 12.4 Å². The highest BCUT2D eigenvalue weighted by Gasteiger charge is 2.14. The van der Waals surface area contributed by atoms with Gasteiger partial charge < -0.3 is 14.5 Å². The number of nitrogens with zero attached hydrogens (tertiary/aromatic N) is 4. The van der Waals surface area contributed by atoms with Crippen LogP contribution in [0.2, 0.25) is 0 Å². The number of carbonyl (C=O) groups excluding carboxylic acids is 1. The molecular formula is C18H14FN5O2. The predicted molar refractivity (Wildman–Crippen MR) is 93.9 cm³/mol. The van der Waals surface area contributed by atoms with Crippen molar-refractivity contribution in [2.24, 2.45) is 0 Å². The summed E-state index contributed by atoms with van der Waals surface area (Å²) in [6.07, 6.45) is 3.29. The SMILES string of the molecule is COc1cc2cccc(C(=O)Nc3cc(F)c4nc(C)cn4c3)c2nn1. The van der Waals surface area contributed by atoms with E-state index in [-0.39, 0.29) is 5.65 Å². The summed E-state index contributed by atoms with van der Waals surface area (Å²) in [7, 11) is 1.49. The van der Waals surface area contributed by atoms with E-state index in [0.717, 1.165) is 5.39 Å². The van der Waals surface area contributed by atoms with Crippen LogP contribution in [0.25, 0.3) is 16.6 Å². The molecular weight excluding hydrogens is 337 g/mol. The Balaban J connectivity index is 1.71. The van der Waals surface area contributed by atoms with Crippen LogP contribution in [0.4, 0.5) is 10.1 Å². The van der Waals surface area contributed by atoms with Gasteiger partial charge in [0.2, 0.25) is 5.88 Å². The van der Waals surface area contributed by atoms with Gasteiger partial charge in [-0.05, 0) is 13.0 Å². The lowest BCUT2D eigenvalue weighted by molar-refractivity contribution is 0.102. The fraction of sp³-hybridized carbons (Fsp3) is 0.111. The Morgan fingerprint density at radius 3 is 2.88 bits per heavy atom. The molecule has 1 aromatic carbocycles. The number of ether oxygens (including phenoxy) is 1. The number of hydrogen-bond donors (Lipinski definition) is 1. The summed E-state index contributed by atoms with van der Waals surface area (Å²) in [5, 5.41) is 11.4. The van der Waals surface area contributed by atoms with E-state index in [1.165, 1.54) is 17.6 Å². The maximum Gasteiger partial charge on any atom is 0.257 e. The molecule has 0 radical (unpaired) electrons. The van der Waals surface area contributed by atoms with Gasteiger partial charge in [0.15, 0.2) is 11.5 Å². The minimum Gasteiger partial charge on any atom is -0.480 e. The van der Waals surface area contributed by atoms with Gasteiger partial charge in [0.1, 0.15) is 5.52 Å². The second kappa shape index (κ2) is 6.07. The largest absolute Gasteiger partial charge is 0.480 e. The monoisotopic (exact) mass is 351 g/mol. The molecule has 0 aliphatic carbocycles. The van der Waals surface area contributed by atoms with Gasteiger partial charge in [-0.25, -0.2) is 9.37 Å². The summed E-state index contributed by atoms with van der Waals surface area (Å²) in [5.41, 5.74) is 1.98. The van der Waals surface area contributed by atoms with Crippen LogP contribution in [0.15, 0.2) is 42.7 Å². The maximum absolute atomic E-state index is 14.2.